The van der Waals surface area contributed by atoms with Gasteiger partial charge in [-0.3, -0.25) is 4.79 Å². The molecule has 3 heterocycles. The summed E-state index contributed by atoms with van der Waals surface area (Å²) in [5.41, 5.74) is 2.17. The second-order valence-electron chi connectivity index (χ2n) is 6.18. The molecule has 1 atom stereocenters. The van der Waals surface area contributed by atoms with Crippen LogP contribution in [0.15, 0.2) is 16.9 Å². The summed E-state index contributed by atoms with van der Waals surface area (Å²) in [4.78, 5) is 17.1. The summed E-state index contributed by atoms with van der Waals surface area (Å²) in [6.07, 6.45) is 2.50. The Morgan fingerprint density at radius 1 is 1.42 bits per heavy atom. The van der Waals surface area contributed by atoms with Gasteiger partial charge in [0.2, 0.25) is 0 Å². The molecule has 1 N–H and O–H groups in total. The molecule has 9 heteroatoms. The van der Waals surface area contributed by atoms with Gasteiger partial charge < -0.3 is 19.1 Å². The zero-order valence-electron chi connectivity index (χ0n) is 15.3. The number of ether oxygens (including phenoxy) is 1. The molecule has 138 valence electrons. The van der Waals surface area contributed by atoms with Gasteiger partial charge >= 0.3 is 0 Å². The summed E-state index contributed by atoms with van der Waals surface area (Å²) >= 11 is 0. The van der Waals surface area contributed by atoms with Crippen LogP contribution in [-0.4, -0.2) is 44.5 Å². The average Bonchev–Trinajstić information content (AvgIpc) is 3.21. The van der Waals surface area contributed by atoms with Crippen molar-refractivity contribution in [3.8, 4) is 0 Å². The van der Waals surface area contributed by atoms with Gasteiger partial charge in [-0.25, -0.2) is 4.98 Å². The summed E-state index contributed by atoms with van der Waals surface area (Å²) in [7, 11) is 1.67. The van der Waals surface area contributed by atoms with Crippen LogP contribution in [0.25, 0.3) is 11.1 Å². The topological polar surface area (TPSA) is 108 Å². The molecule has 0 radical (unpaired) electrons. The molecular formula is C17H22N6O3. The third-order valence-electron chi connectivity index (χ3n) is 4.12. The molecule has 0 fully saturated rings. The zero-order chi connectivity index (χ0) is 18.7. The van der Waals surface area contributed by atoms with Gasteiger partial charge in [0.1, 0.15) is 6.33 Å². The van der Waals surface area contributed by atoms with Gasteiger partial charge in [-0.05, 0) is 33.3 Å². The molecule has 0 spiro atoms. The number of fused-ring (bicyclic) bond motifs is 1. The molecule has 3 aromatic rings. The van der Waals surface area contributed by atoms with E-state index in [-0.39, 0.29) is 11.9 Å². The van der Waals surface area contributed by atoms with Crippen LogP contribution >= 0.6 is 0 Å². The maximum Gasteiger partial charge on any atom is 0.258 e. The number of hydrogen-bond acceptors (Lipinski definition) is 7. The highest BCUT2D eigenvalue weighted by Crippen LogP contribution is 2.22. The summed E-state index contributed by atoms with van der Waals surface area (Å²) in [6.45, 7) is 6.85. The van der Waals surface area contributed by atoms with Gasteiger partial charge in [0.15, 0.2) is 5.82 Å². The minimum atomic E-state index is -0.309. The lowest BCUT2D eigenvalue weighted by molar-refractivity contribution is 0.0938. The van der Waals surface area contributed by atoms with Gasteiger partial charge in [-0.2, -0.15) is 0 Å². The number of carbonyl (C=O) groups excluding carboxylic acids is 1. The number of nitrogens with one attached hydrogen (secondary N) is 1. The van der Waals surface area contributed by atoms with E-state index in [1.165, 1.54) is 0 Å². The van der Waals surface area contributed by atoms with Crippen LogP contribution in [0.4, 0.5) is 0 Å². The fourth-order valence-corrected chi connectivity index (χ4v) is 2.89. The highest BCUT2D eigenvalue weighted by molar-refractivity contribution is 6.06. The summed E-state index contributed by atoms with van der Waals surface area (Å²) < 4.78 is 12.2. The lowest BCUT2D eigenvalue weighted by Crippen LogP contribution is -2.29. The Kier molecular flexibility index (Phi) is 5.27. The van der Waals surface area contributed by atoms with Crippen LogP contribution < -0.4 is 5.32 Å². The molecule has 26 heavy (non-hydrogen) atoms. The van der Waals surface area contributed by atoms with Crippen LogP contribution in [0.5, 0.6) is 0 Å². The van der Waals surface area contributed by atoms with Crippen LogP contribution in [0.1, 0.15) is 47.0 Å². The quantitative estimate of drug-likeness (QED) is 0.643. The van der Waals surface area contributed by atoms with E-state index in [0.29, 0.717) is 40.5 Å². The van der Waals surface area contributed by atoms with Crippen molar-refractivity contribution in [3.63, 3.8) is 0 Å². The fraction of sp³-hybridized carbons (Fsp3) is 0.471. The first kappa shape index (κ1) is 18.0. The molecule has 1 amide bonds. The van der Waals surface area contributed by atoms with Crippen molar-refractivity contribution in [1.29, 1.82) is 0 Å². The van der Waals surface area contributed by atoms with E-state index in [0.717, 1.165) is 13.0 Å². The summed E-state index contributed by atoms with van der Waals surface area (Å²) in [5, 5.41) is 15.6. The maximum atomic E-state index is 12.9. The highest BCUT2D eigenvalue weighted by atomic mass is 16.5. The molecule has 0 aliphatic heterocycles. The first-order valence-electron chi connectivity index (χ1n) is 8.42. The van der Waals surface area contributed by atoms with E-state index in [1.807, 2.05) is 18.4 Å². The van der Waals surface area contributed by atoms with Crippen molar-refractivity contribution in [2.75, 3.05) is 13.7 Å². The van der Waals surface area contributed by atoms with E-state index in [9.17, 15) is 4.79 Å². The second kappa shape index (κ2) is 7.61. The molecule has 0 unspecified atom stereocenters. The minimum Gasteiger partial charge on any atom is -0.385 e. The Labute approximate surface area is 150 Å². The van der Waals surface area contributed by atoms with Crippen molar-refractivity contribution in [3.05, 3.63) is 35.2 Å². The van der Waals surface area contributed by atoms with Crippen molar-refractivity contribution in [2.24, 2.45) is 0 Å². The molecule has 9 nitrogen and oxygen atoms in total. The Hall–Kier alpha value is -2.81. The Morgan fingerprint density at radius 3 is 3.00 bits per heavy atom. The van der Waals surface area contributed by atoms with E-state index >= 15 is 0 Å². The minimum absolute atomic E-state index is 0.231. The lowest BCUT2D eigenvalue weighted by atomic mass is 10.1. The molecule has 0 saturated heterocycles. The Morgan fingerprint density at radius 2 is 2.23 bits per heavy atom. The van der Waals surface area contributed by atoms with E-state index in [2.05, 4.69) is 25.7 Å². The highest BCUT2D eigenvalue weighted by Gasteiger charge is 2.21. The zero-order valence-corrected chi connectivity index (χ0v) is 15.3. The number of rotatable bonds is 7. The molecule has 0 bridgehead atoms. The number of carbonyl (C=O) groups is 1. The number of pyridine rings is 1. The standard InChI is InChI=1S/C17H22N6O3/c1-10-8-13(14-11(2)22-26-17(14)19-10)16(24)20-12(3)15-21-18-9-23(15)6-5-7-25-4/h8-9,12H,5-7H2,1-4H3,(H,20,24)/t12-/m1/s1. The van der Waals surface area contributed by atoms with E-state index < -0.39 is 0 Å². The van der Waals surface area contributed by atoms with Gasteiger partial charge in [0.25, 0.3) is 11.6 Å². The molecular weight excluding hydrogens is 336 g/mol. The molecule has 0 aliphatic rings. The number of aromatic nitrogens is 5. The van der Waals surface area contributed by atoms with Crippen molar-refractivity contribution < 1.29 is 14.1 Å². The monoisotopic (exact) mass is 358 g/mol. The second-order valence-corrected chi connectivity index (χ2v) is 6.18. The van der Waals surface area contributed by atoms with E-state index in [1.54, 1.807) is 26.4 Å². The maximum absolute atomic E-state index is 12.9. The van der Waals surface area contributed by atoms with Crippen molar-refractivity contribution in [1.82, 2.24) is 30.2 Å². The molecule has 3 rings (SSSR count). The normalized spacial score (nSPS) is 12.5. The number of aryl methyl sites for hydroxylation is 3. The van der Waals surface area contributed by atoms with Gasteiger partial charge in [0, 0.05) is 26.0 Å². The largest absolute Gasteiger partial charge is 0.385 e. The number of hydrogen-bond donors (Lipinski definition) is 1. The fourth-order valence-electron chi connectivity index (χ4n) is 2.89. The molecule has 0 saturated carbocycles. The lowest BCUT2D eigenvalue weighted by Gasteiger charge is -2.15. The summed E-state index contributed by atoms with van der Waals surface area (Å²) in [6, 6.07) is 1.42. The predicted octanol–water partition coefficient (Wildman–Crippen LogP) is 1.96. The smallest absolute Gasteiger partial charge is 0.258 e. The van der Waals surface area contributed by atoms with Gasteiger partial charge in [0.05, 0.1) is 22.7 Å². The molecule has 0 aliphatic carbocycles. The first-order valence-corrected chi connectivity index (χ1v) is 8.42. The predicted molar refractivity (Wildman–Crippen MR) is 93.7 cm³/mol. The molecule has 3 aromatic heterocycles. The molecule has 0 aromatic carbocycles. The third-order valence-corrected chi connectivity index (χ3v) is 4.12. The van der Waals surface area contributed by atoms with Crippen LogP contribution in [0, 0.1) is 13.8 Å². The van der Waals surface area contributed by atoms with Crippen LogP contribution in [-0.2, 0) is 11.3 Å². The van der Waals surface area contributed by atoms with Crippen LogP contribution in [0.2, 0.25) is 0 Å². The SMILES string of the molecule is COCCCn1cnnc1[C@@H](C)NC(=O)c1cc(C)nc2onc(C)c12. The number of methoxy groups -OCH3 is 1. The van der Waals surface area contributed by atoms with Crippen LogP contribution in [0.3, 0.4) is 0 Å². The van der Waals surface area contributed by atoms with Crippen molar-refractivity contribution >= 4 is 17.0 Å². The van der Waals surface area contributed by atoms with Crippen molar-refractivity contribution in [2.45, 2.75) is 39.8 Å². The van der Waals surface area contributed by atoms with E-state index in [4.69, 9.17) is 9.26 Å². The average molecular weight is 358 g/mol. The third kappa shape index (κ3) is 3.57. The first-order chi connectivity index (χ1) is 12.5. The van der Waals surface area contributed by atoms with Gasteiger partial charge in [-0.1, -0.05) is 5.16 Å². The Balaban J connectivity index is 1.81. The summed E-state index contributed by atoms with van der Waals surface area (Å²) in [5.74, 6) is 0.462. The Bertz CT molecular complexity index is 917. The number of nitrogens with zero attached hydrogens (tertiary/aromatic N) is 5. The van der Waals surface area contributed by atoms with Gasteiger partial charge in [-0.15, -0.1) is 10.2 Å². The number of amides is 1.